The number of nitrogens with zero attached hydrogens (tertiary/aromatic N) is 1. The highest BCUT2D eigenvalue weighted by molar-refractivity contribution is 7.89. The molecular formula is C10H22N2O3S. The number of sulfonamides is 1. The molecule has 0 amide bonds. The van der Waals surface area contributed by atoms with E-state index in [0.717, 1.165) is 12.8 Å². The Morgan fingerprint density at radius 2 is 2.25 bits per heavy atom. The Labute approximate surface area is 98.0 Å². The number of rotatable bonds is 7. The largest absolute Gasteiger partial charge is 0.385 e. The molecule has 1 aliphatic heterocycles. The third kappa shape index (κ3) is 4.01. The molecule has 0 aromatic carbocycles. The normalized spacial score (nSPS) is 22.8. The van der Waals surface area contributed by atoms with E-state index < -0.39 is 10.0 Å². The highest BCUT2D eigenvalue weighted by Gasteiger charge is 2.30. The minimum absolute atomic E-state index is 0.191. The molecule has 5 nitrogen and oxygen atoms in total. The van der Waals surface area contributed by atoms with Crippen molar-refractivity contribution in [3.05, 3.63) is 0 Å². The summed E-state index contributed by atoms with van der Waals surface area (Å²) in [5.74, 6) is 0.637. The second kappa shape index (κ2) is 6.54. The van der Waals surface area contributed by atoms with Gasteiger partial charge in [0, 0.05) is 26.8 Å². The summed E-state index contributed by atoms with van der Waals surface area (Å²) in [6, 6.07) is 0. The molecule has 0 aromatic heterocycles. The monoisotopic (exact) mass is 250 g/mol. The molecule has 0 saturated carbocycles. The zero-order valence-corrected chi connectivity index (χ0v) is 10.7. The maximum atomic E-state index is 11.9. The first-order valence-corrected chi connectivity index (χ1v) is 7.38. The Morgan fingerprint density at radius 3 is 2.88 bits per heavy atom. The lowest BCUT2D eigenvalue weighted by atomic mass is 10.1. The second-order valence-corrected chi connectivity index (χ2v) is 6.34. The molecule has 6 heteroatoms. The van der Waals surface area contributed by atoms with Gasteiger partial charge in [-0.3, -0.25) is 0 Å². The molecule has 1 rings (SSSR count). The summed E-state index contributed by atoms with van der Waals surface area (Å²) in [6.45, 7) is 2.44. The van der Waals surface area contributed by atoms with Crippen molar-refractivity contribution in [2.45, 2.75) is 19.3 Å². The van der Waals surface area contributed by atoms with Gasteiger partial charge in [-0.25, -0.2) is 12.7 Å². The Morgan fingerprint density at radius 1 is 1.50 bits per heavy atom. The van der Waals surface area contributed by atoms with Gasteiger partial charge in [0.05, 0.1) is 5.75 Å². The molecule has 1 atom stereocenters. The Bertz CT molecular complexity index is 292. The average molecular weight is 250 g/mol. The van der Waals surface area contributed by atoms with Crippen molar-refractivity contribution in [2.24, 2.45) is 11.7 Å². The zero-order valence-electron chi connectivity index (χ0n) is 9.89. The Kier molecular flexibility index (Phi) is 5.68. The van der Waals surface area contributed by atoms with Crippen LogP contribution in [0.3, 0.4) is 0 Å². The van der Waals surface area contributed by atoms with Crippen molar-refractivity contribution in [3.8, 4) is 0 Å². The summed E-state index contributed by atoms with van der Waals surface area (Å²) < 4.78 is 30.3. The molecule has 1 saturated heterocycles. The van der Waals surface area contributed by atoms with Gasteiger partial charge in [-0.15, -0.1) is 0 Å². The molecule has 96 valence electrons. The van der Waals surface area contributed by atoms with Crippen molar-refractivity contribution >= 4 is 10.0 Å². The van der Waals surface area contributed by atoms with Crippen LogP contribution in [0.15, 0.2) is 0 Å². The summed E-state index contributed by atoms with van der Waals surface area (Å²) in [5, 5.41) is 0. The lowest BCUT2D eigenvalue weighted by Crippen LogP contribution is -2.31. The number of nitrogens with two attached hydrogens (primary N) is 1. The zero-order chi connectivity index (χ0) is 12.0. The maximum absolute atomic E-state index is 11.9. The van der Waals surface area contributed by atoms with Crippen LogP contribution in [-0.2, 0) is 14.8 Å². The predicted molar refractivity (Wildman–Crippen MR) is 63.6 cm³/mol. The van der Waals surface area contributed by atoms with Crippen LogP contribution >= 0.6 is 0 Å². The quantitative estimate of drug-likeness (QED) is 0.647. The van der Waals surface area contributed by atoms with Gasteiger partial charge in [0.2, 0.25) is 10.0 Å². The smallest absolute Gasteiger partial charge is 0.214 e. The minimum atomic E-state index is -3.07. The fraction of sp³-hybridized carbons (Fsp3) is 1.00. The summed E-state index contributed by atoms with van der Waals surface area (Å²) in [5.41, 5.74) is 5.48. The van der Waals surface area contributed by atoms with E-state index in [1.54, 1.807) is 11.4 Å². The van der Waals surface area contributed by atoms with E-state index in [1.165, 1.54) is 0 Å². The molecule has 1 unspecified atom stereocenters. The Hall–Kier alpha value is -0.170. The first-order chi connectivity index (χ1) is 7.60. The molecule has 1 fully saturated rings. The summed E-state index contributed by atoms with van der Waals surface area (Å²) in [7, 11) is -1.49. The molecule has 0 aliphatic carbocycles. The molecule has 0 radical (unpaired) electrons. The van der Waals surface area contributed by atoms with E-state index >= 15 is 0 Å². The van der Waals surface area contributed by atoms with Gasteiger partial charge in [0.1, 0.15) is 0 Å². The third-order valence-electron chi connectivity index (χ3n) is 2.97. The molecule has 1 heterocycles. The summed E-state index contributed by atoms with van der Waals surface area (Å²) in [4.78, 5) is 0. The lowest BCUT2D eigenvalue weighted by molar-refractivity contribution is 0.199. The fourth-order valence-electron chi connectivity index (χ4n) is 2.04. The highest BCUT2D eigenvalue weighted by atomic mass is 32.2. The van der Waals surface area contributed by atoms with Crippen molar-refractivity contribution < 1.29 is 13.2 Å². The van der Waals surface area contributed by atoms with Crippen molar-refractivity contribution in [3.63, 3.8) is 0 Å². The Balaban J connectivity index is 2.39. The molecular weight excluding hydrogens is 228 g/mol. The SMILES string of the molecule is COCCCS(=O)(=O)N1CCC(CCN)C1. The molecule has 0 aromatic rings. The molecule has 0 spiro atoms. The van der Waals surface area contributed by atoms with Gasteiger partial charge in [-0.05, 0) is 31.7 Å². The van der Waals surface area contributed by atoms with E-state index in [1.807, 2.05) is 0 Å². The second-order valence-electron chi connectivity index (χ2n) is 4.25. The molecule has 2 N–H and O–H groups in total. The molecule has 1 aliphatic rings. The number of methoxy groups -OCH3 is 1. The van der Waals surface area contributed by atoms with Crippen molar-refractivity contribution in [1.29, 1.82) is 0 Å². The van der Waals surface area contributed by atoms with Gasteiger partial charge in [0.25, 0.3) is 0 Å². The number of hydrogen-bond donors (Lipinski definition) is 1. The van der Waals surface area contributed by atoms with Gasteiger partial charge in [-0.1, -0.05) is 0 Å². The van der Waals surface area contributed by atoms with Crippen LogP contribution in [0.2, 0.25) is 0 Å². The number of hydrogen-bond acceptors (Lipinski definition) is 4. The van der Waals surface area contributed by atoms with Gasteiger partial charge < -0.3 is 10.5 Å². The van der Waals surface area contributed by atoms with Gasteiger partial charge >= 0.3 is 0 Å². The van der Waals surface area contributed by atoms with Crippen LogP contribution in [-0.4, -0.2) is 51.8 Å². The summed E-state index contributed by atoms with van der Waals surface area (Å²) in [6.07, 6.45) is 2.43. The average Bonchev–Trinajstić information content (AvgIpc) is 2.68. The van der Waals surface area contributed by atoms with Gasteiger partial charge in [-0.2, -0.15) is 0 Å². The summed E-state index contributed by atoms with van der Waals surface area (Å²) >= 11 is 0. The molecule has 16 heavy (non-hydrogen) atoms. The minimum Gasteiger partial charge on any atom is -0.385 e. The van der Waals surface area contributed by atoms with Crippen LogP contribution in [0, 0.1) is 5.92 Å². The van der Waals surface area contributed by atoms with Crippen molar-refractivity contribution in [2.75, 3.05) is 39.1 Å². The third-order valence-corrected chi connectivity index (χ3v) is 4.89. The van der Waals surface area contributed by atoms with Crippen LogP contribution in [0.25, 0.3) is 0 Å². The van der Waals surface area contributed by atoms with E-state index in [-0.39, 0.29) is 5.75 Å². The van der Waals surface area contributed by atoms with Gasteiger partial charge in [0.15, 0.2) is 0 Å². The highest BCUT2D eigenvalue weighted by Crippen LogP contribution is 2.22. The van der Waals surface area contributed by atoms with Crippen LogP contribution in [0.1, 0.15) is 19.3 Å². The first kappa shape index (κ1) is 13.9. The standard InChI is InChI=1S/C10H22N2O3S/c1-15-7-2-8-16(13,14)12-6-4-10(9-12)3-5-11/h10H,2-9,11H2,1H3. The maximum Gasteiger partial charge on any atom is 0.214 e. The fourth-order valence-corrected chi connectivity index (χ4v) is 3.60. The van der Waals surface area contributed by atoms with E-state index in [4.69, 9.17) is 10.5 Å². The predicted octanol–water partition coefficient (Wildman–Crippen LogP) is 0.0234. The molecule has 0 bridgehead atoms. The first-order valence-electron chi connectivity index (χ1n) is 5.77. The van der Waals surface area contributed by atoms with E-state index in [0.29, 0.717) is 38.6 Å². The van der Waals surface area contributed by atoms with E-state index in [2.05, 4.69) is 0 Å². The van der Waals surface area contributed by atoms with E-state index in [9.17, 15) is 8.42 Å². The van der Waals surface area contributed by atoms with Crippen LogP contribution < -0.4 is 5.73 Å². The van der Waals surface area contributed by atoms with Crippen molar-refractivity contribution in [1.82, 2.24) is 4.31 Å². The lowest BCUT2D eigenvalue weighted by Gasteiger charge is -2.16. The van der Waals surface area contributed by atoms with Crippen LogP contribution in [0.4, 0.5) is 0 Å². The topological polar surface area (TPSA) is 72.6 Å². The number of ether oxygens (including phenoxy) is 1. The van der Waals surface area contributed by atoms with Crippen LogP contribution in [0.5, 0.6) is 0 Å².